The van der Waals surface area contributed by atoms with Crippen LogP contribution in [-0.2, 0) is 4.79 Å². The normalized spacial score (nSPS) is 30.9. The second-order valence-corrected chi connectivity index (χ2v) is 5.59. The number of carbonyl (C=O) groups is 1. The molecule has 20 heavy (non-hydrogen) atoms. The molecule has 0 saturated heterocycles. The molecule has 1 aromatic rings. The van der Waals surface area contributed by atoms with Crippen LogP contribution in [0.1, 0.15) is 36.4 Å². The third-order valence-electron chi connectivity index (χ3n) is 4.61. The van der Waals surface area contributed by atoms with Crippen molar-refractivity contribution in [3.63, 3.8) is 0 Å². The van der Waals surface area contributed by atoms with E-state index in [0.717, 1.165) is 16.8 Å². The number of rotatable bonds is 3. The zero-order chi connectivity index (χ0) is 14.5. The molecule has 0 aliphatic heterocycles. The van der Waals surface area contributed by atoms with Gasteiger partial charge in [0, 0.05) is 12.1 Å². The minimum absolute atomic E-state index is 0.0113. The summed E-state index contributed by atoms with van der Waals surface area (Å²) in [5.74, 6) is -1.18. The number of hydrogen-bond donors (Lipinski definition) is 1. The molecule has 1 heterocycles. The minimum atomic E-state index is -0.894. The van der Waals surface area contributed by atoms with Gasteiger partial charge in [0.15, 0.2) is 0 Å². The first kappa shape index (κ1) is 12.8. The summed E-state index contributed by atoms with van der Waals surface area (Å²) in [5.41, 5.74) is 2.73. The number of fused-ring (bicyclic) bond motifs is 1. The predicted molar refractivity (Wildman–Crippen MR) is 76.9 cm³/mol. The summed E-state index contributed by atoms with van der Waals surface area (Å²) in [6, 6.07) is 3.91. The lowest BCUT2D eigenvalue weighted by Crippen LogP contribution is -2.45. The molecule has 3 unspecified atom stereocenters. The van der Waals surface area contributed by atoms with E-state index in [1.165, 1.54) is 0 Å². The van der Waals surface area contributed by atoms with Gasteiger partial charge in [0.2, 0.25) is 0 Å². The maximum atomic E-state index is 11.8. The Morgan fingerprint density at radius 3 is 3.00 bits per heavy atom. The Hall–Kier alpha value is -2.23. The van der Waals surface area contributed by atoms with Gasteiger partial charge in [-0.2, -0.15) is 0 Å². The van der Waals surface area contributed by atoms with Gasteiger partial charge in [0.05, 0.1) is 22.7 Å². The van der Waals surface area contributed by atoms with E-state index >= 15 is 0 Å². The van der Waals surface area contributed by atoms with Gasteiger partial charge in [0.25, 0.3) is 0 Å². The molecular formula is C16H16N2O2. The highest BCUT2D eigenvalue weighted by atomic mass is 16.4. The predicted octanol–water partition coefficient (Wildman–Crippen LogP) is 2.90. The topological polar surface area (TPSA) is 62.5 Å². The summed E-state index contributed by atoms with van der Waals surface area (Å²) in [7, 11) is 0. The summed E-state index contributed by atoms with van der Waals surface area (Å²) >= 11 is 0. The van der Waals surface area contributed by atoms with Crippen molar-refractivity contribution in [1.82, 2.24) is 4.98 Å². The van der Waals surface area contributed by atoms with E-state index in [1.54, 1.807) is 19.2 Å². The number of nitrogens with zero attached hydrogens (tertiary/aromatic N) is 2. The van der Waals surface area contributed by atoms with E-state index in [1.807, 2.05) is 12.1 Å². The minimum Gasteiger partial charge on any atom is -0.481 e. The summed E-state index contributed by atoms with van der Waals surface area (Å²) in [5, 5.41) is 9.68. The standard InChI is InChI=1S/C16H16N2O2/c1-4-9-11-8-16(2,15(19)20)12(13(9)17-3)14-10(11)6-5-7-18-14/h4-7,11-12H,1,3,8H2,2H3,(H,19,20). The third-order valence-corrected chi connectivity index (χ3v) is 4.61. The van der Waals surface area contributed by atoms with Gasteiger partial charge in [-0.05, 0) is 37.3 Å². The van der Waals surface area contributed by atoms with Crippen molar-refractivity contribution >= 4 is 12.7 Å². The van der Waals surface area contributed by atoms with E-state index in [4.69, 9.17) is 0 Å². The molecule has 0 fully saturated rings. The number of allylic oxidation sites excluding steroid dienone is 3. The van der Waals surface area contributed by atoms with Crippen molar-refractivity contribution in [2.45, 2.75) is 25.2 Å². The van der Waals surface area contributed by atoms with Crippen LogP contribution in [0.4, 0.5) is 0 Å². The molecule has 0 aromatic carbocycles. The lowest BCUT2D eigenvalue weighted by atomic mass is 9.55. The number of pyridine rings is 1. The molecule has 4 rings (SSSR count). The molecule has 1 N–H and O–H groups in total. The largest absolute Gasteiger partial charge is 0.481 e. The van der Waals surface area contributed by atoms with Crippen molar-refractivity contribution in [2.24, 2.45) is 10.4 Å². The lowest BCUT2D eigenvalue weighted by Gasteiger charge is -2.48. The van der Waals surface area contributed by atoms with Crippen molar-refractivity contribution < 1.29 is 9.90 Å². The van der Waals surface area contributed by atoms with Crippen molar-refractivity contribution in [1.29, 1.82) is 0 Å². The summed E-state index contributed by atoms with van der Waals surface area (Å²) < 4.78 is 0. The third kappa shape index (κ3) is 1.39. The molecule has 0 radical (unpaired) electrons. The van der Waals surface area contributed by atoms with E-state index in [2.05, 4.69) is 23.3 Å². The van der Waals surface area contributed by atoms with Crippen LogP contribution in [-0.4, -0.2) is 22.8 Å². The monoisotopic (exact) mass is 268 g/mol. The summed E-state index contributed by atoms with van der Waals surface area (Å²) in [6.45, 7) is 9.25. The van der Waals surface area contributed by atoms with Crippen LogP contribution in [0.25, 0.3) is 0 Å². The average Bonchev–Trinajstić information content (AvgIpc) is 2.46. The molecule has 4 heteroatoms. The number of carboxylic acids is 1. The second kappa shape index (κ2) is 4.13. The molecule has 0 saturated carbocycles. The SMILES string of the molecule is C=CC1=C(N=C)C2c3ncccc3C1CC2(C)C(=O)O. The molecule has 4 nitrogen and oxygen atoms in total. The van der Waals surface area contributed by atoms with Gasteiger partial charge >= 0.3 is 5.97 Å². The Bertz CT molecular complexity index is 662. The number of aliphatic imine (C=N–C) groups is 1. The van der Waals surface area contributed by atoms with Gasteiger partial charge in [-0.3, -0.25) is 14.8 Å². The first-order chi connectivity index (χ1) is 9.54. The van der Waals surface area contributed by atoms with Crippen molar-refractivity contribution in [3.05, 3.63) is 53.5 Å². The highest BCUT2D eigenvalue weighted by Gasteiger charge is 2.55. The van der Waals surface area contributed by atoms with Crippen molar-refractivity contribution in [2.75, 3.05) is 0 Å². The molecule has 0 amide bonds. The van der Waals surface area contributed by atoms with Crippen LogP contribution in [0.5, 0.6) is 0 Å². The quantitative estimate of drug-likeness (QED) is 0.857. The molecule has 3 aliphatic rings. The summed E-state index contributed by atoms with van der Waals surface area (Å²) in [4.78, 5) is 20.3. The highest BCUT2D eigenvalue weighted by molar-refractivity contribution is 5.79. The van der Waals surface area contributed by atoms with Crippen LogP contribution in [0.2, 0.25) is 0 Å². The number of hydrogen-bond acceptors (Lipinski definition) is 3. The Kier molecular flexibility index (Phi) is 2.64. The van der Waals surface area contributed by atoms with E-state index in [9.17, 15) is 9.90 Å². The van der Waals surface area contributed by atoms with E-state index in [-0.39, 0.29) is 11.8 Å². The maximum Gasteiger partial charge on any atom is 0.310 e. The van der Waals surface area contributed by atoms with Gasteiger partial charge in [-0.25, -0.2) is 0 Å². The maximum absolute atomic E-state index is 11.8. The number of aliphatic carboxylic acids is 1. The first-order valence-corrected chi connectivity index (χ1v) is 6.56. The second-order valence-electron chi connectivity index (χ2n) is 5.59. The van der Waals surface area contributed by atoms with Crippen LogP contribution in [0.3, 0.4) is 0 Å². The van der Waals surface area contributed by atoms with Crippen LogP contribution in [0, 0.1) is 5.41 Å². The molecule has 2 bridgehead atoms. The molecule has 0 spiro atoms. The number of carboxylic acid groups (broad SMARTS) is 1. The first-order valence-electron chi connectivity index (χ1n) is 6.56. The lowest BCUT2D eigenvalue weighted by molar-refractivity contribution is -0.150. The van der Waals surface area contributed by atoms with Crippen LogP contribution >= 0.6 is 0 Å². The van der Waals surface area contributed by atoms with Gasteiger partial charge in [-0.1, -0.05) is 18.7 Å². The van der Waals surface area contributed by atoms with E-state index < -0.39 is 11.4 Å². The Morgan fingerprint density at radius 1 is 1.65 bits per heavy atom. The zero-order valence-electron chi connectivity index (χ0n) is 11.3. The summed E-state index contributed by atoms with van der Waals surface area (Å²) in [6.07, 6.45) is 4.03. The molecule has 1 aromatic heterocycles. The van der Waals surface area contributed by atoms with E-state index in [0.29, 0.717) is 12.1 Å². The smallest absolute Gasteiger partial charge is 0.310 e. The molecular weight excluding hydrogens is 252 g/mol. The van der Waals surface area contributed by atoms with Crippen LogP contribution < -0.4 is 0 Å². The Balaban J connectivity index is 2.33. The highest BCUT2D eigenvalue weighted by Crippen LogP contribution is 2.60. The van der Waals surface area contributed by atoms with Crippen molar-refractivity contribution in [3.8, 4) is 0 Å². The van der Waals surface area contributed by atoms with Gasteiger partial charge < -0.3 is 5.11 Å². The van der Waals surface area contributed by atoms with Crippen LogP contribution in [0.15, 0.2) is 47.2 Å². The Morgan fingerprint density at radius 2 is 2.40 bits per heavy atom. The molecule has 3 atom stereocenters. The zero-order valence-corrected chi connectivity index (χ0v) is 11.3. The molecule has 102 valence electrons. The van der Waals surface area contributed by atoms with Gasteiger partial charge in [-0.15, -0.1) is 0 Å². The Labute approximate surface area is 117 Å². The van der Waals surface area contributed by atoms with Gasteiger partial charge in [0.1, 0.15) is 0 Å². The molecule has 3 aliphatic carbocycles. The number of aromatic nitrogens is 1. The fourth-order valence-corrected chi connectivity index (χ4v) is 3.61. The fourth-order valence-electron chi connectivity index (χ4n) is 3.61. The fraction of sp³-hybridized carbons (Fsp3) is 0.312. The average molecular weight is 268 g/mol.